The predicted molar refractivity (Wildman–Crippen MR) is 135 cm³/mol. The van der Waals surface area contributed by atoms with Crippen LogP contribution in [-0.4, -0.2) is 48.4 Å². The van der Waals surface area contributed by atoms with Gasteiger partial charge in [-0.2, -0.15) is 4.98 Å². The quantitative estimate of drug-likeness (QED) is 0.563. The molecule has 8 heteroatoms. The van der Waals surface area contributed by atoms with E-state index in [1.807, 2.05) is 24.3 Å². The fourth-order valence-corrected chi connectivity index (χ4v) is 4.88. The normalized spacial score (nSPS) is 20.1. The van der Waals surface area contributed by atoms with Crippen molar-refractivity contribution in [2.24, 2.45) is 0 Å². The number of hydrogen-bond donors (Lipinski definition) is 3. The Bertz CT molecular complexity index is 925. The number of methoxy groups -OCH3 is 1. The summed E-state index contributed by atoms with van der Waals surface area (Å²) in [5.41, 5.74) is 3.51. The summed E-state index contributed by atoms with van der Waals surface area (Å²) in [7, 11) is 5.81. The van der Waals surface area contributed by atoms with E-state index >= 15 is 0 Å². The molecule has 1 aromatic heterocycles. The number of aromatic nitrogens is 2. The Hall–Kier alpha value is -2.61. The number of fused-ring (bicyclic) bond motifs is 1. The van der Waals surface area contributed by atoms with Crippen molar-refractivity contribution in [1.82, 2.24) is 15.3 Å². The molecule has 0 amide bonds. The smallest absolute Gasteiger partial charge is 0.225 e. The molecule has 1 fully saturated rings. The zero-order valence-corrected chi connectivity index (χ0v) is 20.1. The molecule has 4 rings (SSSR count). The van der Waals surface area contributed by atoms with Crippen LogP contribution in [-0.2, 0) is 12.8 Å². The maximum absolute atomic E-state index is 5.51. The number of anilines is 3. The van der Waals surface area contributed by atoms with Gasteiger partial charge in [0.05, 0.1) is 12.8 Å². The number of hydrogen-bond acceptors (Lipinski definition) is 6. The molecule has 1 saturated carbocycles. The van der Waals surface area contributed by atoms with Gasteiger partial charge in [-0.1, -0.05) is 0 Å². The monoisotopic (exact) mass is 454 g/mol. The molecule has 0 spiro atoms. The Kier molecular flexibility index (Phi) is 7.29. The van der Waals surface area contributed by atoms with Gasteiger partial charge in [-0.25, -0.2) is 4.98 Å². The fourth-order valence-electron chi connectivity index (χ4n) is 4.60. The van der Waals surface area contributed by atoms with Gasteiger partial charge in [0, 0.05) is 37.4 Å². The van der Waals surface area contributed by atoms with E-state index in [4.69, 9.17) is 26.9 Å². The standard InChI is InChI=1S/C24H34N6OS/c1-30(2)22-20-6-4-5-7-21(20)28-23(29-22)25-16-8-10-17(11-9-16)26-24(32)27-18-12-14-19(31-3)15-13-18/h12-17H,4-11H2,1-3H3,(H,25,28,29)(H2,26,27,32)/t16-,17+. The van der Waals surface area contributed by atoms with E-state index in [-0.39, 0.29) is 0 Å². The van der Waals surface area contributed by atoms with Crippen LogP contribution in [0.3, 0.4) is 0 Å². The van der Waals surface area contributed by atoms with Crippen molar-refractivity contribution in [2.45, 2.75) is 63.5 Å². The molecule has 2 aromatic rings. The molecule has 1 aromatic carbocycles. The van der Waals surface area contributed by atoms with Gasteiger partial charge in [0.15, 0.2) is 5.11 Å². The first kappa shape index (κ1) is 22.6. The number of ether oxygens (including phenoxy) is 1. The third kappa shape index (κ3) is 5.59. The van der Waals surface area contributed by atoms with Gasteiger partial charge in [-0.05, 0) is 87.8 Å². The highest BCUT2D eigenvalue weighted by Gasteiger charge is 2.24. The van der Waals surface area contributed by atoms with Crippen molar-refractivity contribution in [1.29, 1.82) is 0 Å². The van der Waals surface area contributed by atoms with Crippen molar-refractivity contribution >= 4 is 34.8 Å². The summed E-state index contributed by atoms with van der Waals surface area (Å²) >= 11 is 5.51. The van der Waals surface area contributed by atoms with Crippen molar-refractivity contribution < 1.29 is 4.74 Å². The van der Waals surface area contributed by atoms with Crippen LogP contribution in [0.4, 0.5) is 17.5 Å². The molecule has 3 N–H and O–H groups in total. The maximum atomic E-state index is 5.51. The molecule has 0 saturated heterocycles. The number of benzene rings is 1. The van der Waals surface area contributed by atoms with Crippen LogP contribution in [0.25, 0.3) is 0 Å². The van der Waals surface area contributed by atoms with Crippen molar-refractivity contribution in [3.05, 3.63) is 35.5 Å². The average Bonchev–Trinajstić information content (AvgIpc) is 2.80. The van der Waals surface area contributed by atoms with Crippen molar-refractivity contribution in [2.75, 3.05) is 36.7 Å². The molecule has 0 bridgehead atoms. The second-order valence-corrected chi connectivity index (χ2v) is 9.33. The van der Waals surface area contributed by atoms with E-state index < -0.39 is 0 Å². The number of rotatable bonds is 6. The molecule has 0 atom stereocenters. The molecule has 0 radical (unpaired) electrons. The molecule has 172 valence electrons. The first-order valence-electron chi connectivity index (χ1n) is 11.6. The summed E-state index contributed by atoms with van der Waals surface area (Å²) in [6.07, 6.45) is 8.86. The van der Waals surface area contributed by atoms with Crippen LogP contribution in [0.2, 0.25) is 0 Å². The van der Waals surface area contributed by atoms with Gasteiger partial charge in [-0.3, -0.25) is 0 Å². The van der Waals surface area contributed by atoms with E-state index in [1.165, 1.54) is 24.1 Å². The van der Waals surface area contributed by atoms with Crippen LogP contribution >= 0.6 is 12.2 Å². The van der Waals surface area contributed by atoms with E-state index in [1.54, 1.807) is 7.11 Å². The zero-order chi connectivity index (χ0) is 22.5. The third-order valence-electron chi connectivity index (χ3n) is 6.33. The Morgan fingerprint density at radius 3 is 2.38 bits per heavy atom. The van der Waals surface area contributed by atoms with Gasteiger partial charge < -0.3 is 25.6 Å². The second kappa shape index (κ2) is 10.3. The SMILES string of the molecule is COc1ccc(NC(=S)N[C@H]2CC[C@@H](Nc3nc4c(c(N(C)C)n3)CCCC4)CC2)cc1. The van der Waals surface area contributed by atoms with Crippen LogP contribution in [0.1, 0.15) is 49.8 Å². The van der Waals surface area contributed by atoms with E-state index in [9.17, 15) is 0 Å². The first-order valence-corrected chi connectivity index (χ1v) is 12.0. The molecule has 0 unspecified atom stereocenters. The molecule has 7 nitrogen and oxygen atoms in total. The summed E-state index contributed by atoms with van der Waals surface area (Å²) < 4.78 is 5.20. The summed E-state index contributed by atoms with van der Waals surface area (Å²) in [6, 6.07) is 8.56. The van der Waals surface area contributed by atoms with Gasteiger partial charge in [0.2, 0.25) is 5.95 Å². The average molecular weight is 455 g/mol. The van der Waals surface area contributed by atoms with Crippen LogP contribution < -0.4 is 25.6 Å². The fraction of sp³-hybridized carbons (Fsp3) is 0.542. The first-order chi connectivity index (χ1) is 15.5. The molecule has 0 aliphatic heterocycles. The highest BCUT2D eigenvalue weighted by atomic mass is 32.1. The third-order valence-corrected chi connectivity index (χ3v) is 6.55. The lowest BCUT2D eigenvalue weighted by Crippen LogP contribution is -2.42. The molecule has 1 heterocycles. The Labute approximate surface area is 196 Å². The molecular weight excluding hydrogens is 420 g/mol. The number of aryl methyl sites for hydroxylation is 1. The van der Waals surface area contributed by atoms with Gasteiger partial charge >= 0.3 is 0 Å². The van der Waals surface area contributed by atoms with Crippen LogP contribution in [0, 0.1) is 0 Å². The lowest BCUT2D eigenvalue weighted by molar-refractivity contribution is 0.387. The summed E-state index contributed by atoms with van der Waals surface area (Å²) in [5.74, 6) is 2.69. The number of nitrogens with one attached hydrogen (secondary N) is 3. The minimum atomic E-state index is 0.382. The highest BCUT2D eigenvalue weighted by Crippen LogP contribution is 2.29. The Morgan fingerprint density at radius 2 is 1.69 bits per heavy atom. The largest absolute Gasteiger partial charge is 0.497 e. The maximum Gasteiger partial charge on any atom is 0.225 e. The highest BCUT2D eigenvalue weighted by molar-refractivity contribution is 7.80. The lowest BCUT2D eigenvalue weighted by atomic mass is 9.91. The van der Waals surface area contributed by atoms with Gasteiger partial charge in [0.25, 0.3) is 0 Å². The second-order valence-electron chi connectivity index (χ2n) is 8.92. The summed E-state index contributed by atoms with van der Waals surface area (Å²) in [6.45, 7) is 0. The topological polar surface area (TPSA) is 74.3 Å². The minimum absolute atomic E-state index is 0.382. The van der Waals surface area contributed by atoms with E-state index in [0.29, 0.717) is 17.2 Å². The summed E-state index contributed by atoms with van der Waals surface area (Å²) in [5, 5.41) is 11.0. The van der Waals surface area contributed by atoms with Crippen LogP contribution in [0.15, 0.2) is 24.3 Å². The van der Waals surface area contributed by atoms with E-state index in [2.05, 4.69) is 34.9 Å². The van der Waals surface area contributed by atoms with Gasteiger partial charge in [-0.15, -0.1) is 0 Å². The molecule has 32 heavy (non-hydrogen) atoms. The minimum Gasteiger partial charge on any atom is -0.497 e. The van der Waals surface area contributed by atoms with E-state index in [0.717, 1.165) is 61.7 Å². The number of nitrogens with zero attached hydrogens (tertiary/aromatic N) is 3. The zero-order valence-electron chi connectivity index (χ0n) is 19.3. The van der Waals surface area contributed by atoms with Crippen LogP contribution in [0.5, 0.6) is 5.75 Å². The van der Waals surface area contributed by atoms with Crippen molar-refractivity contribution in [3.63, 3.8) is 0 Å². The number of thiocarbonyl (C=S) groups is 1. The molecular formula is C24H34N6OS. The lowest BCUT2D eigenvalue weighted by Gasteiger charge is -2.31. The Morgan fingerprint density at radius 1 is 1.00 bits per heavy atom. The van der Waals surface area contributed by atoms with Gasteiger partial charge in [0.1, 0.15) is 11.6 Å². The summed E-state index contributed by atoms with van der Waals surface area (Å²) in [4.78, 5) is 11.8. The molecule has 2 aliphatic carbocycles. The predicted octanol–water partition coefficient (Wildman–Crippen LogP) is 4.14. The molecule has 2 aliphatic rings. The Balaban J connectivity index is 1.28. The van der Waals surface area contributed by atoms with Crippen molar-refractivity contribution in [3.8, 4) is 5.75 Å².